The van der Waals surface area contributed by atoms with Crippen molar-refractivity contribution in [2.24, 2.45) is 5.92 Å². The second-order valence-electron chi connectivity index (χ2n) is 9.19. The third-order valence-electron chi connectivity index (χ3n) is 7.09. The number of aryl methyl sites for hydroxylation is 2. The Morgan fingerprint density at radius 3 is 2.32 bits per heavy atom. The SMILES string of the molecule is Cc1ccc(S(=O)(=O)N2CCC(C(=O)N3CCN(CC4CCCO4)CC3)CC2)cc1C. The Kier molecular flexibility index (Phi) is 7.01. The van der Waals surface area contributed by atoms with Crippen molar-refractivity contribution in [1.82, 2.24) is 14.1 Å². The summed E-state index contributed by atoms with van der Waals surface area (Å²) in [5, 5.41) is 0. The van der Waals surface area contributed by atoms with Crippen LogP contribution in [0.1, 0.15) is 36.8 Å². The number of hydrogen-bond acceptors (Lipinski definition) is 5. The monoisotopic (exact) mass is 449 g/mol. The van der Waals surface area contributed by atoms with Crippen LogP contribution >= 0.6 is 0 Å². The summed E-state index contributed by atoms with van der Waals surface area (Å²) in [4.78, 5) is 17.8. The summed E-state index contributed by atoms with van der Waals surface area (Å²) in [6.45, 7) is 9.87. The molecular weight excluding hydrogens is 414 g/mol. The number of carbonyl (C=O) groups excluding carboxylic acids is 1. The highest BCUT2D eigenvalue weighted by Gasteiger charge is 2.35. The second kappa shape index (κ2) is 9.57. The fourth-order valence-corrected chi connectivity index (χ4v) is 6.41. The summed E-state index contributed by atoms with van der Waals surface area (Å²) in [5.41, 5.74) is 2.06. The van der Waals surface area contributed by atoms with Crippen molar-refractivity contribution in [3.63, 3.8) is 0 Å². The lowest BCUT2D eigenvalue weighted by atomic mass is 9.96. The lowest BCUT2D eigenvalue weighted by Crippen LogP contribution is -2.53. The van der Waals surface area contributed by atoms with E-state index in [0.717, 1.165) is 63.3 Å². The summed E-state index contributed by atoms with van der Waals surface area (Å²) < 4.78 is 33.3. The maximum absolute atomic E-state index is 13.0. The van der Waals surface area contributed by atoms with E-state index in [-0.39, 0.29) is 11.8 Å². The Labute approximate surface area is 186 Å². The number of carbonyl (C=O) groups is 1. The minimum absolute atomic E-state index is 0.0732. The van der Waals surface area contributed by atoms with Crippen molar-refractivity contribution >= 4 is 15.9 Å². The number of sulfonamides is 1. The Morgan fingerprint density at radius 2 is 1.71 bits per heavy atom. The molecule has 8 heteroatoms. The van der Waals surface area contributed by atoms with Gasteiger partial charge in [0.25, 0.3) is 0 Å². The average Bonchev–Trinajstić information content (AvgIpc) is 3.29. The number of piperidine rings is 1. The van der Waals surface area contributed by atoms with Crippen molar-refractivity contribution in [2.75, 3.05) is 52.4 Å². The van der Waals surface area contributed by atoms with Crippen LogP contribution in [0, 0.1) is 19.8 Å². The van der Waals surface area contributed by atoms with Gasteiger partial charge in [0, 0.05) is 58.3 Å². The van der Waals surface area contributed by atoms with E-state index in [1.165, 1.54) is 0 Å². The number of piperazine rings is 1. The highest BCUT2D eigenvalue weighted by Crippen LogP contribution is 2.26. The maximum Gasteiger partial charge on any atom is 0.243 e. The van der Waals surface area contributed by atoms with Gasteiger partial charge >= 0.3 is 0 Å². The number of amides is 1. The first-order valence-corrected chi connectivity index (χ1v) is 13.0. The summed E-state index contributed by atoms with van der Waals surface area (Å²) in [6.07, 6.45) is 3.84. The van der Waals surface area contributed by atoms with Crippen LogP contribution in [-0.4, -0.2) is 87.0 Å². The van der Waals surface area contributed by atoms with Crippen molar-refractivity contribution < 1.29 is 17.9 Å². The van der Waals surface area contributed by atoms with Gasteiger partial charge in [0.1, 0.15) is 0 Å². The zero-order valence-corrected chi connectivity index (χ0v) is 19.6. The molecule has 0 saturated carbocycles. The molecule has 4 rings (SSSR count). The number of nitrogens with zero attached hydrogens (tertiary/aromatic N) is 3. The van der Waals surface area contributed by atoms with E-state index < -0.39 is 10.0 Å². The largest absolute Gasteiger partial charge is 0.377 e. The molecule has 0 N–H and O–H groups in total. The molecule has 3 aliphatic rings. The minimum Gasteiger partial charge on any atom is -0.377 e. The molecule has 1 unspecified atom stereocenters. The van der Waals surface area contributed by atoms with Gasteiger partial charge in [-0.1, -0.05) is 6.07 Å². The van der Waals surface area contributed by atoms with E-state index >= 15 is 0 Å². The molecule has 0 aliphatic carbocycles. The van der Waals surface area contributed by atoms with E-state index in [1.54, 1.807) is 16.4 Å². The Balaban J connectivity index is 1.27. The molecule has 0 aromatic heterocycles. The van der Waals surface area contributed by atoms with Crippen LogP contribution in [0.25, 0.3) is 0 Å². The van der Waals surface area contributed by atoms with Crippen molar-refractivity contribution in [2.45, 2.75) is 50.5 Å². The minimum atomic E-state index is -3.50. The van der Waals surface area contributed by atoms with Crippen LogP contribution in [0.2, 0.25) is 0 Å². The van der Waals surface area contributed by atoms with Gasteiger partial charge in [-0.15, -0.1) is 0 Å². The van der Waals surface area contributed by atoms with Gasteiger partial charge in [-0.05, 0) is 62.8 Å². The van der Waals surface area contributed by atoms with Gasteiger partial charge in [-0.25, -0.2) is 8.42 Å². The highest BCUT2D eigenvalue weighted by atomic mass is 32.2. The highest BCUT2D eigenvalue weighted by molar-refractivity contribution is 7.89. The molecule has 0 bridgehead atoms. The lowest BCUT2D eigenvalue weighted by Gasteiger charge is -2.38. The second-order valence-corrected chi connectivity index (χ2v) is 11.1. The molecule has 0 spiro atoms. The van der Waals surface area contributed by atoms with Crippen LogP contribution < -0.4 is 0 Å². The average molecular weight is 450 g/mol. The van der Waals surface area contributed by atoms with Gasteiger partial charge < -0.3 is 9.64 Å². The normalized spacial score (nSPS) is 24.6. The molecule has 1 atom stereocenters. The molecule has 172 valence electrons. The topological polar surface area (TPSA) is 70.2 Å². The predicted octanol–water partition coefficient (Wildman–Crippen LogP) is 2.03. The van der Waals surface area contributed by atoms with Crippen LogP contribution in [-0.2, 0) is 19.6 Å². The van der Waals surface area contributed by atoms with E-state index in [9.17, 15) is 13.2 Å². The molecule has 1 aromatic carbocycles. The van der Waals surface area contributed by atoms with Crippen LogP contribution in [0.4, 0.5) is 0 Å². The molecule has 31 heavy (non-hydrogen) atoms. The van der Waals surface area contributed by atoms with Gasteiger partial charge in [-0.2, -0.15) is 4.31 Å². The van der Waals surface area contributed by atoms with E-state index in [2.05, 4.69) is 4.90 Å². The van der Waals surface area contributed by atoms with Gasteiger partial charge in [-0.3, -0.25) is 9.69 Å². The third kappa shape index (κ3) is 5.13. The van der Waals surface area contributed by atoms with Crippen molar-refractivity contribution in [3.8, 4) is 0 Å². The maximum atomic E-state index is 13.0. The zero-order chi connectivity index (χ0) is 22.0. The first-order valence-electron chi connectivity index (χ1n) is 11.5. The van der Waals surface area contributed by atoms with Crippen molar-refractivity contribution in [1.29, 1.82) is 0 Å². The Hall–Kier alpha value is -1.48. The molecule has 7 nitrogen and oxygen atoms in total. The smallest absolute Gasteiger partial charge is 0.243 e. The third-order valence-corrected chi connectivity index (χ3v) is 8.98. The Morgan fingerprint density at radius 1 is 1.00 bits per heavy atom. The predicted molar refractivity (Wildman–Crippen MR) is 119 cm³/mol. The Bertz CT molecular complexity index is 882. The first-order chi connectivity index (χ1) is 14.8. The van der Waals surface area contributed by atoms with Gasteiger partial charge in [0.2, 0.25) is 15.9 Å². The van der Waals surface area contributed by atoms with E-state index in [0.29, 0.717) is 36.9 Å². The number of rotatable bonds is 5. The first kappa shape index (κ1) is 22.7. The summed E-state index contributed by atoms with van der Waals surface area (Å²) in [7, 11) is -3.50. The molecule has 3 aliphatic heterocycles. The summed E-state index contributed by atoms with van der Waals surface area (Å²) >= 11 is 0. The summed E-state index contributed by atoms with van der Waals surface area (Å²) in [5.74, 6) is 0.121. The molecule has 3 heterocycles. The standard InChI is InChI=1S/C23H35N3O4S/c1-18-5-6-22(16-19(18)2)31(28,29)26-9-7-20(8-10-26)23(27)25-13-11-24(12-14-25)17-21-4-3-15-30-21/h5-6,16,20-21H,3-4,7-15,17H2,1-2H3. The molecule has 3 saturated heterocycles. The van der Waals surface area contributed by atoms with Crippen LogP contribution in [0.15, 0.2) is 23.1 Å². The van der Waals surface area contributed by atoms with Crippen molar-refractivity contribution in [3.05, 3.63) is 29.3 Å². The quantitative estimate of drug-likeness (QED) is 0.688. The van der Waals surface area contributed by atoms with Crippen LogP contribution in [0.5, 0.6) is 0 Å². The number of hydrogen-bond donors (Lipinski definition) is 0. The van der Waals surface area contributed by atoms with Gasteiger partial charge in [0.15, 0.2) is 0 Å². The van der Waals surface area contributed by atoms with E-state index in [4.69, 9.17) is 4.74 Å². The number of benzene rings is 1. The fourth-order valence-electron chi connectivity index (χ4n) is 4.85. The lowest BCUT2D eigenvalue weighted by molar-refractivity contribution is -0.138. The van der Waals surface area contributed by atoms with E-state index in [1.807, 2.05) is 24.8 Å². The molecular formula is C23H35N3O4S. The molecule has 3 fully saturated rings. The number of ether oxygens (including phenoxy) is 1. The van der Waals surface area contributed by atoms with Crippen LogP contribution in [0.3, 0.4) is 0 Å². The molecule has 0 radical (unpaired) electrons. The molecule has 1 aromatic rings. The summed E-state index contributed by atoms with van der Waals surface area (Å²) in [6, 6.07) is 5.29. The fraction of sp³-hybridized carbons (Fsp3) is 0.696. The van der Waals surface area contributed by atoms with Gasteiger partial charge in [0.05, 0.1) is 11.0 Å². The molecule has 1 amide bonds. The zero-order valence-electron chi connectivity index (χ0n) is 18.8.